The van der Waals surface area contributed by atoms with E-state index < -0.39 is 0 Å². The van der Waals surface area contributed by atoms with Gasteiger partial charge in [-0.1, -0.05) is 32.4 Å². The van der Waals surface area contributed by atoms with Crippen LogP contribution in [0.1, 0.15) is 52.0 Å². The summed E-state index contributed by atoms with van der Waals surface area (Å²) >= 11 is 5.95. The predicted molar refractivity (Wildman–Crippen MR) is 89.6 cm³/mol. The predicted octanol–water partition coefficient (Wildman–Crippen LogP) is 5.48. The maximum Gasteiger partial charge on any atom is 0.101 e. The van der Waals surface area contributed by atoms with Crippen LogP contribution in [0.3, 0.4) is 0 Å². The minimum Gasteiger partial charge on any atom is -0.385 e. The lowest BCUT2D eigenvalue weighted by molar-refractivity contribution is 0.153. The highest BCUT2D eigenvalue weighted by Crippen LogP contribution is 2.39. The summed E-state index contributed by atoms with van der Waals surface area (Å²) in [4.78, 5) is 0. The molecule has 1 saturated carbocycles. The Bertz CT molecular complexity index is 517. The van der Waals surface area contributed by atoms with Gasteiger partial charge in [0.05, 0.1) is 10.6 Å². The van der Waals surface area contributed by atoms with Crippen LogP contribution in [0.4, 0.5) is 5.69 Å². The second-order valence-corrected chi connectivity index (χ2v) is 7.68. The summed E-state index contributed by atoms with van der Waals surface area (Å²) in [5, 5.41) is 13.0. The van der Waals surface area contributed by atoms with E-state index in [9.17, 15) is 0 Å². The Kier molecular flexibility index (Phi) is 5.17. The molecule has 2 nitrogen and oxygen atoms in total. The molecule has 0 radical (unpaired) electrons. The lowest BCUT2D eigenvalue weighted by Gasteiger charge is -2.37. The molecule has 1 aromatic rings. The molecular weight excluding hydrogens is 280 g/mol. The summed E-state index contributed by atoms with van der Waals surface area (Å²) in [6.45, 7) is 8.05. The maximum absolute atomic E-state index is 9.00. The van der Waals surface area contributed by atoms with E-state index in [4.69, 9.17) is 16.9 Å². The van der Waals surface area contributed by atoms with Crippen LogP contribution in [-0.4, -0.2) is 6.54 Å². The number of nitrogens with one attached hydrogen (secondary N) is 1. The molecule has 0 saturated heterocycles. The van der Waals surface area contributed by atoms with Crippen molar-refractivity contribution in [3.05, 3.63) is 28.8 Å². The van der Waals surface area contributed by atoms with Crippen LogP contribution in [0.15, 0.2) is 18.2 Å². The number of benzene rings is 1. The lowest BCUT2D eigenvalue weighted by atomic mass is 9.70. The fraction of sp³-hybridized carbons (Fsp3) is 0.611. The second-order valence-electron chi connectivity index (χ2n) is 7.27. The first-order valence-electron chi connectivity index (χ1n) is 7.83. The fourth-order valence-electron chi connectivity index (χ4n) is 3.22. The van der Waals surface area contributed by atoms with E-state index >= 15 is 0 Å². The molecule has 0 spiro atoms. The largest absolute Gasteiger partial charge is 0.385 e. The van der Waals surface area contributed by atoms with Crippen molar-refractivity contribution in [2.75, 3.05) is 11.9 Å². The molecule has 2 rings (SSSR count). The molecule has 1 aliphatic rings. The van der Waals surface area contributed by atoms with Gasteiger partial charge in [-0.05, 0) is 61.1 Å². The van der Waals surface area contributed by atoms with E-state index in [1.165, 1.54) is 25.7 Å². The van der Waals surface area contributed by atoms with Gasteiger partial charge in [-0.25, -0.2) is 0 Å². The minimum absolute atomic E-state index is 0.441. The van der Waals surface area contributed by atoms with Crippen molar-refractivity contribution >= 4 is 17.3 Å². The third-order valence-electron chi connectivity index (χ3n) is 4.75. The van der Waals surface area contributed by atoms with Crippen molar-refractivity contribution in [2.24, 2.45) is 17.3 Å². The Balaban J connectivity index is 1.84. The Hall–Kier alpha value is -1.20. The first-order valence-corrected chi connectivity index (χ1v) is 8.21. The third kappa shape index (κ3) is 4.38. The van der Waals surface area contributed by atoms with Gasteiger partial charge >= 0.3 is 0 Å². The number of hydrogen-bond donors (Lipinski definition) is 1. The standard InChI is InChI=1S/C18H25ClN2/c1-18(2,3)15-6-4-13(5-7-15)12-21-16-8-9-17(19)14(10-16)11-20/h8-10,13,15,21H,4-7,12H2,1-3H3. The van der Waals surface area contributed by atoms with Gasteiger partial charge < -0.3 is 5.32 Å². The van der Waals surface area contributed by atoms with Crippen LogP contribution in [0, 0.1) is 28.6 Å². The molecule has 1 aromatic carbocycles. The van der Waals surface area contributed by atoms with Crippen molar-refractivity contribution in [1.29, 1.82) is 5.26 Å². The van der Waals surface area contributed by atoms with Crippen molar-refractivity contribution in [1.82, 2.24) is 0 Å². The van der Waals surface area contributed by atoms with Gasteiger partial charge in [0.2, 0.25) is 0 Å². The molecule has 0 aromatic heterocycles. The van der Waals surface area contributed by atoms with E-state index in [1.807, 2.05) is 12.1 Å². The highest BCUT2D eigenvalue weighted by molar-refractivity contribution is 6.31. The number of hydrogen-bond acceptors (Lipinski definition) is 2. The van der Waals surface area contributed by atoms with E-state index in [2.05, 4.69) is 32.2 Å². The zero-order chi connectivity index (χ0) is 15.5. The molecule has 0 heterocycles. The van der Waals surface area contributed by atoms with E-state index in [-0.39, 0.29) is 0 Å². The summed E-state index contributed by atoms with van der Waals surface area (Å²) in [6, 6.07) is 7.70. The summed E-state index contributed by atoms with van der Waals surface area (Å²) in [6.07, 6.45) is 5.26. The first kappa shape index (κ1) is 16.2. The van der Waals surface area contributed by atoms with Crippen LogP contribution in [0.25, 0.3) is 0 Å². The molecule has 0 bridgehead atoms. The molecule has 0 aliphatic heterocycles. The molecule has 114 valence electrons. The van der Waals surface area contributed by atoms with Gasteiger partial charge in [0.25, 0.3) is 0 Å². The zero-order valence-corrected chi connectivity index (χ0v) is 14.0. The van der Waals surface area contributed by atoms with Gasteiger partial charge in [-0.15, -0.1) is 0 Å². The van der Waals surface area contributed by atoms with Gasteiger partial charge in [-0.2, -0.15) is 5.26 Å². The van der Waals surface area contributed by atoms with Crippen LogP contribution < -0.4 is 5.32 Å². The Morgan fingerprint density at radius 1 is 1.24 bits per heavy atom. The van der Waals surface area contributed by atoms with E-state index in [1.54, 1.807) is 6.07 Å². The van der Waals surface area contributed by atoms with E-state index in [0.29, 0.717) is 16.0 Å². The molecule has 1 N–H and O–H groups in total. The smallest absolute Gasteiger partial charge is 0.101 e. The van der Waals surface area contributed by atoms with Crippen molar-refractivity contribution in [2.45, 2.75) is 46.5 Å². The summed E-state index contributed by atoms with van der Waals surface area (Å²) in [7, 11) is 0. The van der Waals surface area contributed by atoms with E-state index in [0.717, 1.165) is 24.1 Å². The Labute approximate surface area is 133 Å². The summed E-state index contributed by atoms with van der Waals surface area (Å²) in [5.41, 5.74) is 1.98. The van der Waals surface area contributed by atoms with Gasteiger partial charge in [0, 0.05) is 12.2 Å². The topological polar surface area (TPSA) is 35.8 Å². The molecule has 0 atom stereocenters. The molecule has 0 amide bonds. The van der Waals surface area contributed by atoms with Gasteiger partial charge in [0.15, 0.2) is 0 Å². The van der Waals surface area contributed by atoms with Crippen LogP contribution in [0.5, 0.6) is 0 Å². The minimum atomic E-state index is 0.441. The normalized spacial score (nSPS) is 22.6. The monoisotopic (exact) mass is 304 g/mol. The molecule has 1 fully saturated rings. The highest BCUT2D eigenvalue weighted by atomic mass is 35.5. The summed E-state index contributed by atoms with van der Waals surface area (Å²) < 4.78 is 0. The second kappa shape index (κ2) is 6.71. The average molecular weight is 305 g/mol. The first-order chi connectivity index (χ1) is 9.90. The number of nitriles is 1. The number of rotatable bonds is 3. The van der Waals surface area contributed by atoms with Crippen molar-refractivity contribution < 1.29 is 0 Å². The van der Waals surface area contributed by atoms with Crippen LogP contribution in [0.2, 0.25) is 5.02 Å². The van der Waals surface area contributed by atoms with Crippen LogP contribution in [-0.2, 0) is 0 Å². The fourth-order valence-corrected chi connectivity index (χ4v) is 3.38. The number of halogens is 1. The Morgan fingerprint density at radius 2 is 1.90 bits per heavy atom. The highest BCUT2D eigenvalue weighted by Gasteiger charge is 2.29. The molecule has 3 heteroatoms. The van der Waals surface area contributed by atoms with Crippen molar-refractivity contribution in [3.8, 4) is 6.07 Å². The molecule has 1 aliphatic carbocycles. The van der Waals surface area contributed by atoms with Crippen LogP contribution >= 0.6 is 11.6 Å². The molecular formula is C18H25ClN2. The SMILES string of the molecule is CC(C)(C)C1CCC(CNc2ccc(Cl)c(C#N)c2)CC1. The summed E-state index contributed by atoms with van der Waals surface area (Å²) in [5.74, 6) is 1.60. The van der Waals surface area contributed by atoms with Gasteiger partial charge in [-0.3, -0.25) is 0 Å². The zero-order valence-electron chi connectivity index (χ0n) is 13.2. The molecule has 0 unspecified atom stereocenters. The van der Waals surface area contributed by atoms with Gasteiger partial charge in [0.1, 0.15) is 6.07 Å². The average Bonchev–Trinajstić information content (AvgIpc) is 2.46. The number of nitrogens with zero attached hydrogens (tertiary/aromatic N) is 1. The maximum atomic E-state index is 9.00. The third-order valence-corrected chi connectivity index (χ3v) is 5.08. The quantitative estimate of drug-likeness (QED) is 0.803. The lowest BCUT2D eigenvalue weighted by Crippen LogP contribution is -2.28. The number of anilines is 1. The Morgan fingerprint density at radius 3 is 2.48 bits per heavy atom. The molecule has 21 heavy (non-hydrogen) atoms. The van der Waals surface area contributed by atoms with Crippen molar-refractivity contribution in [3.63, 3.8) is 0 Å².